The van der Waals surface area contributed by atoms with E-state index in [1.807, 2.05) is 38.1 Å². The second-order valence-corrected chi connectivity index (χ2v) is 6.04. The highest BCUT2D eigenvalue weighted by molar-refractivity contribution is 5.89. The van der Waals surface area contributed by atoms with Crippen molar-refractivity contribution in [2.45, 2.75) is 20.5 Å². The lowest BCUT2D eigenvalue weighted by Gasteiger charge is -2.10. The van der Waals surface area contributed by atoms with E-state index in [1.165, 1.54) is 19.2 Å². The maximum absolute atomic E-state index is 13.7. The molecule has 1 aromatic heterocycles. The Morgan fingerprint density at radius 2 is 1.65 bits per heavy atom. The van der Waals surface area contributed by atoms with Crippen LogP contribution in [0.1, 0.15) is 27.3 Å². The van der Waals surface area contributed by atoms with E-state index >= 15 is 0 Å². The lowest BCUT2D eigenvalue weighted by molar-refractivity contribution is 0.0472. The SMILES string of the molecule is COc1ccc(COC(=O)c2ccc(-n3c(C)ccc3C)cc2)cc1F. The quantitative estimate of drug-likeness (QED) is 0.630. The van der Waals surface area contributed by atoms with Gasteiger partial charge in [-0.1, -0.05) is 6.07 Å². The molecule has 0 unspecified atom stereocenters. The van der Waals surface area contributed by atoms with E-state index in [2.05, 4.69) is 4.57 Å². The summed E-state index contributed by atoms with van der Waals surface area (Å²) in [6.07, 6.45) is 0. The topological polar surface area (TPSA) is 40.5 Å². The van der Waals surface area contributed by atoms with E-state index in [9.17, 15) is 9.18 Å². The molecule has 0 radical (unpaired) electrons. The fraction of sp³-hybridized carbons (Fsp3) is 0.190. The zero-order chi connectivity index (χ0) is 18.7. The molecule has 4 nitrogen and oxygen atoms in total. The van der Waals surface area contributed by atoms with Crippen molar-refractivity contribution in [2.24, 2.45) is 0 Å². The number of benzene rings is 2. The zero-order valence-corrected chi connectivity index (χ0v) is 15.0. The number of esters is 1. The summed E-state index contributed by atoms with van der Waals surface area (Å²) in [7, 11) is 1.40. The van der Waals surface area contributed by atoms with Crippen LogP contribution >= 0.6 is 0 Å². The van der Waals surface area contributed by atoms with Gasteiger partial charge in [0, 0.05) is 17.1 Å². The first-order valence-corrected chi connectivity index (χ1v) is 8.24. The van der Waals surface area contributed by atoms with Crippen molar-refractivity contribution in [1.29, 1.82) is 0 Å². The molecule has 0 saturated heterocycles. The summed E-state index contributed by atoms with van der Waals surface area (Å²) in [5.41, 5.74) is 4.24. The third kappa shape index (κ3) is 3.61. The van der Waals surface area contributed by atoms with Crippen LogP contribution in [-0.2, 0) is 11.3 Å². The average molecular weight is 353 g/mol. The molecule has 0 fully saturated rings. The Morgan fingerprint density at radius 1 is 1.00 bits per heavy atom. The summed E-state index contributed by atoms with van der Waals surface area (Å²) in [6.45, 7) is 4.06. The smallest absolute Gasteiger partial charge is 0.338 e. The molecule has 26 heavy (non-hydrogen) atoms. The first-order valence-electron chi connectivity index (χ1n) is 8.24. The second-order valence-electron chi connectivity index (χ2n) is 6.04. The van der Waals surface area contributed by atoms with Crippen LogP contribution in [0.3, 0.4) is 0 Å². The van der Waals surface area contributed by atoms with Crippen molar-refractivity contribution in [2.75, 3.05) is 7.11 Å². The van der Waals surface area contributed by atoms with Gasteiger partial charge >= 0.3 is 5.97 Å². The number of hydrogen-bond acceptors (Lipinski definition) is 3. The molecule has 0 atom stereocenters. The highest BCUT2D eigenvalue weighted by Crippen LogP contribution is 2.19. The Morgan fingerprint density at radius 3 is 2.23 bits per heavy atom. The molecular formula is C21H20FNO3. The van der Waals surface area contributed by atoms with E-state index in [0.717, 1.165) is 17.1 Å². The normalized spacial score (nSPS) is 10.6. The maximum Gasteiger partial charge on any atom is 0.338 e. The molecule has 0 N–H and O–H groups in total. The van der Waals surface area contributed by atoms with Crippen LogP contribution < -0.4 is 4.74 Å². The van der Waals surface area contributed by atoms with Gasteiger partial charge in [0.1, 0.15) is 6.61 Å². The molecule has 0 bridgehead atoms. The van der Waals surface area contributed by atoms with Gasteiger partial charge in [0.25, 0.3) is 0 Å². The van der Waals surface area contributed by atoms with Crippen molar-refractivity contribution in [3.05, 3.63) is 82.9 Å². The molecule has 0 aliphatic carbocycles. The molecule has 2 aromatic carbocycles. The van der Waals surface area contributed by atoms with E-state index in [1.54, 1.807) is 18.2 Å². The highest BCUT2D eigenvalue weighted by atomic mass is 19.1. The first-order chi connectivity index (χ1) is 12.5. The van der Waals surface area contributed by atoms with Crippen LogP contribution in [0, 0.1) is 19.7 Å². The fourth-order valence-electron chi connectivity index (χ4n) is 2.85. The average Bonchev–Trinajstić information content (AvgIpc) is 2.98. The standard InChI is InChI=1S/C21H20FNO3/c1-14-4-5-15(2)23(14)18-9-7-17(8-10-18)21(24)26-13-16-6-11-20(25-3)19(22)12-16/h4-12H,13H2,1-3H3. The zero-order valence-electron chi connectivity index (χ0n) is 15.0. The lowest BCUT2D eigenvalue weighted by Crippen LogP contribution is -2.06. The van der Waals surface area contributed by atoms with Crippen LogP contribution in [0.15, 0.2) is 54.6 Å². The number of ether oxygens (including phenoxy) is 2. The molecule has 0 spiro atoms. The molecule has 0 saturated carbocycles. The van der Waals surface area contributed by atoms with Crippen molar-refractivity contribution in [3.8, 4) is 11.4 Å². The molecule has 0 aliphatic rings. The lowest BCUT2D eigenvalue weighted by atomic mass is 10.2. The summed E-state index contributed by atoms with van der Waals surface area (Å²) in [4.78, 5) is 12.2. The second kappa shape index (κ2) is 7.44. The molecule has 5 heteroatoms. The minimum Gasteiger partial charge on any atom is -0.494 e. The monoisotopic (exact) mass is 353 g/mol. The van der Waals surface area contributed by atoms with Crippen molar-refractivity contribution in [1.82, 2.24) is 4.57 Å². The molecule has 3 aromatic rings. The molecule has 3 rings (SSSR count). The third-order valence-corrected chi connectivity index (χ3v) is 4.22. The Kier molecular flexibility index (Phi) is 5.07. The van der Waals surface area contributed by atoms with Crippen LogP contribution in [-0.4, -0.2) is 17.6 Å². The fourth-order valence-corrected chi connectivity index (χ4v) is 2.85. The van der Waals surface area contributed by atoms with Gasteiger partial charge < -0.3 is 14.0 Å². The van der Waals surface area contributed by atoms with Crippen molar-refractivity contribution >= 4 is 5.97 Å². The number of carbonyl (C=O) groups is 1. The van der Waals surface area contributed by atoms with Gasteiger partial charge in [0.15, 0.2) is 11.6 Å². The summed E-state index contributed by atoms with van der Waals surface area (Å²) in [6, 6.07) is 15.8. The van der Waals surface area contributed by atoms with Crippen LogP contribution in [0.5, 0.6) is 5.75 Å². The number of halogens is 1. The van der Waals surface area contributed by atoms with E-state index in [0.29, 0.717) is 11.1 Å². The van der Waals surface area contributed by atoms with Crippen LogP contribution in [0.2, 0.25) is 0 Å². The van der Waals surface area contributed by atoms with Gasteiger partial charge in [0.2, 0.25) is 0 Å². The number of nitrogens with zero attached hydrogens (tertiary/aromatic N) is 1. The van der Waals surface area contributed by atoms with Crippen molar-refractivity contribution in [3.63, 3.8) is 0 Å². The van der Waals surface area contributed by atoms with Gasteiger partial charge in [-0.25, -0.2) is 9.18 Å². The predicted octanol–water partition coefficient (Wildman–Crippen LogP) is 4.60. The van der Waals surface area contributed by atoms with Gasteiger partial charge in [-0.15, -0.1) is 0 Å². The molecule has 0 amide bonds. The van der Waals surface area contributed by atoms with E-state index < -0.39 is 11.8 Å². The number of methoxy groups -OCH3 is 1. The van der Waals surface area contributed by atoms with E-state index in [4.69, 9.17) is 9.47 Å². The Bertz CT molecular complexity index is 909. The molecule has 0 aliphatic heterocycles. The summed E-state index contributed by atoms with van der Waals surface area (Å²) < 4.78 is 25.9. The number of carbonyl (C=O) groups excluding carboxylic acids is 1. The summed E-state index contributed by atoms with van der Waals surface area (Å²) >= 11 is 0. The van der Waals surface area contributed by atoms with Crippen LogP contribution in [0.4, 0.5) is 4.39 Å². The number of rotatable bonds is 5. The Balaban J connectivity index is 1.68. The minimum atomic E-state index is -0.483. The number of hydrogen-bond donors (Lipinski definition) is 0. The number of aromatic nitrogens is 1. The largest absolute Gasteiger partial charge is 0.494 e. The van der Waals surface area contributed by atoms with Gasteiger partial charge in [-0.2, -0.15) is 0 Å². The Labute approximate surface area is 151 Å². The Hall–Kier alpha value is -3.08. The molecule has 134 valence electrons. The molecular weight excluding hydrogens is 333 g/mol. The first kappa shape index (κ1) is 17.7. The predicted molar refractivity (Wildman–Crippen MR) is 97.3 cm³/mol. The highest BCUT2D eigenvalue weighted by Gasteiger charge is 2.10. The van der Waals surface area contributed by atoms with Gasteiger partial charge in [-0.05, 0) is 67.9 Å². The summed E-state index contributed by atoms with van der Waals surface area (Å²) in [5.74, 6) is -0.775. The van der Waals surface area contributed by atoms with Crippen LogP contribution in [0.25, 0.3) is 5.69 Å². The van der Waals surface area contributed by atoms with Crippen molar-refractivity contribution < 1.29 is 18.7 Å². The minimum absolute atomic E-state index is 0.00266. The number of aryl methyl sites for hydroxylation is 2. The third-order valence-electron chi connectivity index (χ3n) is 4.22. The summed E-state index contributed by atoms with van der Waals surface area (Å²) in [5, 5.41) is 0. The molecule has 1 heterocycles. The maximum atomic E-state index is 13.7. The van der Waals surface area contributed by atoms with Gasteiger partial charge in [-0.3, -0.25) is 0 Å². The van der Waals surface area contributed by atoms with E-state index in [-0.39, 0.29) is 12.4 Å². The van der Waals surface area contributed by atoms with Gasteiger partial charge in [0.05, 0.1) is 12.7 Å².